The van der Waals surface area contributed by atoms with Crippen molar-refractivity contribution in [2.75, 3.05) is 6.61 Å². The summed E-state index contributed by atoms with van der Waals surface area (Å²) in [5, 5.41) is 11.2. The smallest absolute Gasteiger partial charge is 0.375 e. The first-order chi connectivity index (χ1) is 9.08. The van der Waals surface area contributed by atoms with E-state index in [1.54, 1.807) is 13.8 Å². The highest BCUT2D eigenvalue weighted by molar-refractivity contribution is 5.85. The zero-order chi connectivity index (χ0) is 14.0. The van der Waals surface area contributed by atoms with Crippen LogP contribution in [0.1, 0.15) is 28.8 Å². The Morgan fingerprint density at radius 2 is 2.26 bits per heavy atom. The molecule has 0 amide bonds. The summed E-state index contributed by atoms with van der Waals surface area (Å²) in [6.45, 7) is 3.49. The Hall–Kier alpha value is -2.69. The molecule has 0 aromatic carbocycles. The lowest BCUT2D eigenvalue weighted by atomic mass is 10.2. The molecule has 1 N–H and O–H groups in total. The molecule has 8 nitrogen and oxygen atoms in total. The summed E-state index contributed by atoms with van der Waals surface area (Å²) in [6.07, 6.45) is -0.0473. The summed E-state index contributed by atoms with van der Waals surface area (Å²) in [7, 11) is 0. The zero-order valence-electron chi connectivity index (χ0n) is 10.4. The van der Waals surface area contributed by atoms with Crippen LogP contribution in [0.15, 0.2) is 4.79 Å². The van der Waals surface area contributed by atoms with Crippen molar-refractivity contribution in [3.63, 3.8) is 0 Å². The van der Waals surface area contributed by atoms with Crippen LogP contribution in [0.25, 0.3) is 5.78 Å². The number of rotatable bonds is 3. The van der Waals surface area contributed by atoms with Crippen LogP contribution >= 0.6 is 0 Å². The minimum absolute atomic E-state index is 0.0473. The van der Waals surface area contributed by atoms with E-state index in [-0.39, 0.29) is 30.2 Å². The van der Waals surface area contributed by atoms with Crippen molar-refractivity contribution < 1.29 is 9.53 Å². The van der Waals surface area contributed by atoms with Crippen LogP contribution in [-0.4, -0.2) is 32.2 Å². The molecule has 0 fully saturated rings. The van der Waals surface area contributed by atoms with Crippen molar-refractivity contribution in [3.05, 3.63) is 27.4 Å². The minimum Gasteiger partial charge on any atom is -0.460 e. The Balaban J connectivity index is 2.61. The van der Waals surface area contributed by atoms with E-state index in [2.05, 4.69) is 15.1 Å². The van der Waals surface area contributed by atoms with Gasteiger partial charge in [-0.05, 0) is 13.8 Å². The van der Waals surface area contributed by atoms with Gasteiger partial charge in [0.1, 0.15) is 0 Å². The fraction of sp³-hybridized carbons (Fsp3) is 0.364. The van der Waals surface area contributed by atoms with Gasteiger partial charge >= 0.3 is 5.97 Å². The molecule has 0 spiro atoms. The second-order valence-electron chi connectivity index (χ2n) is 3.74. The molecule has 8 heteroatoms. The Bertz CT molecular complexity index is 737. The number of aromatic nitrogens is 4. The number of aromatic amines is 1. The van der Waals surface area contributed by atoms with E-state index in [1.165, 1.54) is 0 Å². The molecule has 19 heavy (non-hydrogen) atoms. The molecule has 0 aliphatic heterocycles. The lowest BCUT2D eigenvalue weighted by molar-refractivity contribution is 0.0512. The van der Waals surface area contributed by atoms with E-state index >= 15 is 0 Å². The number of aryl methyl sites for hydroxylation is 1. The number of carbonyl (C=O) groups is 1. The van der Waals surface area contributed by atoms with Crippen molar-refractivity contribution in [1.29, 1.82) is 5.26 Å². The Labute approximate surface area is 107 Å². The van der Waals surface area contributed by atoms with Crippen LogP contribution in [-0.2, 0) is 11.2 Å². The van der Waals surface area contributed by atoms with Crippen molar-refractivity contribution in [2.24, 2.45) is 0 Å². The predicted molar refractivity (Wildman–Crippen MR) is 63.6 cm³/mol. The number of carbonyl (C=O) groups excluding carboxylic acids is 1. The van der Waals surface area contributed by atoms with Gasteiger partial charge in [0.25, 0.3) is 11.3 Å². The Kier molecular flexibility index (Phi) is 3.29. The molecule has 0 saturated heterocycles. The second kappa shape index (κ2) is 4.89. The van der Waals surface area contributed by atoms with Gasteiger partial charge in [-0.25, -0.2) is 9.78 Å². The fourth-order valence-corrected chi connectivity index (χ4v) is 1.63. The van der Waals surface area contributed by atoms with Crippen LogP contribution in [0.2, 0.25) is 0 Å². The molecule has 2 heterocycles. The molecule has 2 aromatic heterocycles. The molecule has 2 rings (SSSR count). The minimum atomic E-state index is -0.660. The van der Waals surface area contributed by atoms with Crippen molar-refractivity contribution in [3.8, 4) is 6.07 Å². The summed E-state index contributed by atoms with van der Waals surface area (Å²) in [4.78, 5) is 31.6. The number of esters is 1. The molecule has 0 aliphatic rings. The SMILES string of the molecule is CCOC(=O)c1nc2nc(C)c(CC#N)c(=O)n2[nH]1. The summed E-state index contributed by atoms with van der Waals surface area (Å²) in [5.41, 5.74) is 0.264. The molecule has 0 atom stereocenters. The highest BCUT2D eigenvalue weighted by Gasteiger charge is 2.17. The van der Waals surface area contributed by atoms with Gasteiger partial charge in [-0.2, -0.15) is 14.8 Å². The standard InChI is InChI=1S/C11H11N5O3/c1-3-19-10(18)8-14-11-13-6(2)7(4-5-12)9(17)16(11)15-8/h3-4H2,1-2H3,(H,13,14,15). The molecular weight excluding hydrogens is 250 g/mol. The van der Waals surface area contributed by atoms with Crippen LogP contribution in [0.3, 0.4) is 0 Å². The number of hydrogen-bond donors (Lipinski definition) is 1. The molecule has 98 valence electrons. The number of nitriles is 1. The third-order valence-corrected chi connectivity index (χ3v) is 2.52. The number of nitrogens with one attached hydrogen (secondary N) is 1. The molecule has 0 radical (unpaired) electrons. The van der Waals surface area contributed by atoms with Gasteiger partial charge < -0.3 is 4.74 Å². The fourth-order valence-electron chi connectivity index (χ4n) is 1.63. The highest BCUT2D eigenvalue weighted by Crippen LogP contribution is 2.03. The quantitative estimate of drug-likeness (QED) is 0.776. The lowest BCUT2D eigenvalue weighted by Crippen LogP contribution is -2.22. The van der Waals surface area contributed by atoms with E-state index in [0.29, 0.717) is 5.69 Å². The summed E-state index contributed by atoms with van der Waals surface area (Å²) < 4.78 is 5.81. The van der Waals surface area contributed by atoms with E-state index in [4.69, 9.17) is 10.00 Å². The molecular formula is C11H11N5O3. The third kappa shape index (κ3) is 2.18. The number of hydrogen-bond acceptors (Lipinski definition) is 6. The number of H-pyrrole nitrogens is 1. The van der Waals surface area contributed by atoms with Crippen LogP contribution in [0, 0.1) is 18.3 Å². The van der Waals surface area contributed by atoms with Crippen LogP contribution in [0.4, 0.5) is 0 Å². The highest BCUT2D eigenvalue weighted by atomic mass is 16.5. The first-order valence-electron chi connectivity index (χ1n) is 5.60. The van der Waals surface area contributed by atoms with Gasteiger partial charge in [0.15, 0.2) is 0 Å². The van der Waals surface area contributed by atoms with E-state index < -0.39 is 11.5 Å². The molecule has 0 bridgehead atoms. The van der Waals surface area contributed by atoms with Crippen LogP contribution < -0.4 is 5.56 Å². The summed E-state index contributed by atoms with van der Waals surface area (Å²) >= 11 is 0. The molecule has 0 unspecified atom stereocenters. The maximum Gasteiger partial charge on any atom is 0.375 e. The largest absolute Gasteiger partial charge is 0.460 e. The van der Waals surface area contributed by atoms with Gasteiger partial charge in [-0.1, -0.05) is 0 Å². The maximum absolute atomic E-state index is 12.1. The van der Waals surface area contributed by atoms with Gasteiger partial charge in [-0.15, -0.1) is 0 Å². The topological polar surface area (TPSA) is 113 Å². The lowest BCUT2D eigenvalue weighted by Gasteiger charge is -1.99. The van der Waals surface area contributed by atoms with Gasteiger partial charge in [0.05, 0.1) is 30.4 Å². The van der Waals surface area contributed by atoms with Crippen molar-refractivity contribution in [1.82, 2.24) is 19.6 Å². The van der Waals surface area contributed by atoms with Crippen molar-refractivity contribution in [2.45, 2.75) is 20.3 Å². The zero-order valence-corrected chi connectivity index (χ0v) is 10.4. The Morgan fingerprint density at radius 3 is 2.89 bits per heavy atom. The summed E-state index contributed by atoms with van der Waals surface area (Å²) in [5.74, 6) is -0.681. The Morgan fingerprint density at radius 1 is 1.53 bits per heavy atom. The first-order valence-corrected chi connectivity index (χ1v) is 5.60. The van der Waals surface area contributed by atoms with Crippen LogP contribution in [0.5, 0.6) is 0 Å². The second-order valence-corrected chi connectivity index (χ2v) is 3.74. The maximum atomic E-state index is 12.1. The molecule has 0 saturated carbocycles. The monoisotopic (exact) mass is 261 g/mol. The van der Waals surface area contributed by atoms with Gasteiger partial charge in [-0.3, -0.25) is 9.89 Å². The summed E-state index contributed by atoms with van der Waals surface area (Å²) in [6, 6.07) is 1.90. The average Bonchev–Trinajstić information content (AvgIpc) is 2.79. The molecule has 2 aromatic rings. The van der Waals surface area contributed by atoms with Gasteiger partial charge in [0, 0.05) is 0 Å². The number of nitrogens with zero attached hydrogens (tertiary/aromatic N) is 4. The predicted octanol–water partition coefficient (Wildman–Crippen LogP) is -0.0312. The first kappa shape index (κ1) is 12.8. The average molecular weight is 261 g/mol. The van der Waals surface area contributed by atoms with Crippen molar-refractivity contribution >= 4 is 11.7 Å². The number of ether oxygens (including phenoxy) is 1. The molecule has 0 aliphatic carbocycles. The van der Waals surface area contributed by atoms with E-state index in [0.717, 1.165) is 4.52 Å². The van der Waals surface area contributed by atoms with E-state index in [1.807, 2.05) is 6.07 Å². The van der Waals surface area contributed by atoms with Gasteiger partial charge in [0.2, 0.25) is 5.82 Å². The van der Waals surface area contributed by atoms with E-state index in [9.17, 15) is 9.59 Å². The normalized spacial score (nSPS) is 10.4. The number of fused-ring (bicyclic) bond motifs is 1. The third-order valence-electron chi connectivity index (χ3n) is 2.52.